The number of benzene rings is 3. The fourth-order valence-corrected chi connectivity index (χ4v) is 4.11. The van der Waals surface area contributed by atoms with Crippen LogP contribution >= 0.6 is 0 Å². The highest BCUT2D eigenvalue weighted by Crippen LogP contribution is 2.23. The molecule has 0 bridgehead atoms. The van der Waals surface area contributed by atoms with Crippen LogP contribution in [0.25, 0.3) is 0 Å². The van der Waals surface area contributed by atoms with Crippen LogP contribution < -0.4 is 10.0 Å². The molecule has 0 saturated heterocycles. The molecule has 3 aromatic carbocycles. The number of nitrogens with one attached hydrogen (secondary N) is 2. The van der Waals surface area contributed by atoms with Crippen molar-refractivity contribution in [3.05, 3.63) is 94.0 Å². The second-order valence-corrected chi connectivity index (χ2v) is 8.77. The Balaban J connectivity index is 1.70. The third kappa shape index (κ3) is 6.17. The molecule has 0 heterocycles. The fraction of sp³-hybridized carbons (Fsp3) is 0.130. The number of aryl methyl sites for hydroxylation is 1. The Morgan fingerprint density at radius 3 is 2.47 bits per heavy atom. The molecule has 2 N–H and O–H groups in total. The molecule has 0 radical (unpaired) electrons. The van der Waals surface area contributed by atoms with E-state index in [1.54, 1.807) is 18.2 Å². The summed E-state index contributed by atoms with van der Waals surface area (Å²) in [5.41, 5.74) is 0.962. The normalized spacial score (nSPS) is 10.9. The summed E-state index contributed by atoms with van der Waals surface area (Å²) < 4.78 is 32.7. The van der Waals surface area contributed by atoms with Gasteiger partial charge >= 0.3 is 5.97 Å². The average molecular weight is 484 g/mol. The average Bonchev–Trinajstić information content (AvgIpc) is 2.83. The second-order valence-electron chi connectivity index (χ2n) is 7.08. The van der Waals surface area contributed by atoms with Crippen molar-refractivity contribution in [2.24, 2.45) is 0 Å². The molecule has 0 aliphatic carbocycles. The van der Waals surface area contributed by atoms with Crippen molar-refractivity contribution in [3.63, 3.8) is 0 Å². The van der Waals surface area contributed by atoms with Gasteiger partial charge in [0, 0.05) is 17.8 Å². The van der Waals surface area contributed by atoms with Crippen molar-refractivity contribution >= 4 is 39.0 Å². The number of ether oxygens (including phenoxy) is 1. The highest BCUT2D eigenvalue weighted by atomic mass is 32.2. The topological polar surface area (TPSA) is 145 Å². The maximum absolute atomic E-state index is 12.7. The lowest BCUT2D eigenvalue weighted by atomic mass is 10.1. The van der Waals surface area contributed by atoms with Crippen LogP contribution in [-0.4, -0.2) is 31.8 Å². The van der Waals surface area contributed by atoms with Crippen LogP contribution in [0.15, 0.2) is 77.7 Å². The molecule has 34 heavy (non-hydrogen) atoms. The first-order valence-corrected chi connectivity index (χ1v) is 11.6. The highest BCUT2D eigenvalue weighted by molar-refractivity contribution is 7.92. The Bertz CT molecular complexity index is 1340. The number of carbonyl (C=O) groups is 2. The first-order valence-electron chi connectivity index (χ1n) is 10.1. The van der Waals surface area contributed by atoms with Crippen molar-refractivity contribution in [3.8, 4) is 0 Å². The lowest BCUT2D eigenvalue weighted by molar-refractivity contribution is -0.385. The Hall–Kier alpha value is -4.25. The third-order valence-corrected chi connectivity index (χ3v) is 6.05. The molecule has 1 amide bonds. The summed E-state index contributed by atoms with van der Waals surface area (Å²) in [7, 11) is -4.25. The summed E-state index contributed by atoms with van der Waals surface area (Å²) >= 11 is 0. The van der Waals surface area contributed by atoms with E-state index < -0.39 is 39.1 Å². The van der Waals surface area contributed by atoms with E-state index in [4.69, 9.17) is 4.74 Å². The number of hydrogen-bond acceptors (Lipinski definition) is 7. The van der Waals surface area contributed by atoms with Gasteiger partial charge in [0.25, 0.3) is 21.6 Å². The zero-order valence-electron chi connectivity index (χ0n) is 18.1. The molecule has 0 fully saturated rings. The number of non-ortho nitro benzene ring substituents is 1. The standard InChI is InChI=1S/C23H21N3O7S/c1-2-16-7-5-8-17(13-16)24-22(27)15-33-23(28)20-11-3-4-12-21(20)25-34(31,32)19-10-6-9-18(14-19)26(29)30/h3-14,25H,2,15H2,1H3,(H,24,27). The largest absolute Gasteiger partial charge is 0.452 e. The maximum Gasteiger partial charge on any atom is 0.340 e. The van der Waals surface area contributed by atoms with Crippen LogP contribution in [0.5, 0.6) is 0 Å². The second kappa shape index (κ2) is 10.6. The van der Waals surface area contributed by atoms with Crippen LogP contribution in [0.3, 0.4) is 0 Å². The first kappa shape index (κ1) is 24.4. The van der Waals surface area contributed by atoms with Gasteiger partial charge in [0.15, 0.2) is 6.61 Å². The van der Waals surface area contributed by atoms with Gasteiger partial charge in [-0.2, -0.15) is 0 Å². The lowest BCUT2D eigenvalue weighted by Gasteiger charge is -2.12. The number of esters is 1. The Labute approximate surface area is 195 Å². The Morgan fingerprint density at radius 2 is 1.74 bits per heavy atom. The lowest BCUT2D eigenvalue weighted by Crippen LogP contribution is -2.22. The van der Waals surface area contributed by atoms with Gasteiger partial charge in [0.05, 0.1) is 21.1 Å². The minimum atomic E-state index is -4.25. The van der Waals surface area contributed by atoms with E-state index >= 15 is 0 Å². The Morgan fingerprint density at radius 1 is 1.00 bits per heavy atom. The third-order valence-electron chi connectivity index (χ3n) is 4.68. The number of amides is 1. The van der Waals surface area contributed by atoms with E-state index in [1.165, 1.54) is 36.4 Å². The summed E-state index contributed by atoms with van der Waals surface area (Å²) in [6.07, 6.45) is 0.793. The number of anilines is 2. The number of nitro groups is 1. The quantitative estimate of drug-likeness (QED) is 0.268. The molecule has 11 heteroatoms. The van der Waals surface area contributed by atoms with Gasteiger partial charge in [-0.15, -0.1) is 0 Å². The molecular weight excluding hydrogens is 462 g/mol. The molecule has 10 nitrogen and oxygen atoms in total. The van der Waals surface area contributed by atoms with E-state index in [2.05, 4.69) is 10.0 Å². The number of para-hydroxylation sites is 1. The molecule has 176 valence electrons. The molecule has 3 aromatic rings. The molecule has 0 spiro atoms. The summed E-state index contributed by atoms with van der Waals surface area (Å²) in [4.78, 5) is 34.6. The van der Waals surface area contributed by atoms with Gasteiger partial charge in [-0.1, -0.05) is 37.3 Å². The minimum Gasteiger partial charge on any atom is -0.452 e. The highest BCUT2D eigenvalue weighted by Gasteiger charge is 2.21. The van der Waals surface area contributed by atoms with Gasteiger partial charge in [-0.3, -0.25) is 19.6 Å². The molecule has 0 atom stereocenters. The number of sulfonamides is 1. The molecule has 0 aliphatic heterocycles. The van der Waals surface area contributed by atoms with Gasteiger partial charge < -0.3 is 10.1 Å². The minimum absolute atomic E-state index is 0.102. The van der Waals surface area contributed by atoms with Gasteiger partial charge in [-0.25, -0.2) is 13.2 Å². The summed E-state index contributed by atoms with van der Waals surface area (Å²) in [5.74, 6) is -1.48. The van der Waals surface area contributed by atoms with Crippen molar-refractivity contribution in [1.82, 2.24) is 0 Å². The van der Waals surface area contributed by atoms with E-state index in [0.29, 0.717) is 5.69 Å². The van der Waals surface area contributed by atoms with Gasteiger partial charge in [0.2, 0.25) is 0 Å². The first-order chi connectivity index (χ1) is 16.2. The summed E-state index contributed by atoms with van der Waals surface area (Å²) in [6, 6.07) is 17.4. The zero-order chi connectivity index (χ0) is 24.7. The van der Waals surface area contributed by atoms with E-state index in [-0.39, 0.29) is 16.1 Å². The number of rotatable bonds is 9. The van der Waals surface area contributed by atoms with Crippen molar-refractivity contribution in [2.75, 3.05) is 16.6 Å². The van der Waals surface area contributed by atoms with Gasteiger partial charge in [-0.05, 0) is 42.3 Å². The van der Waals surface area contributed by atoms with Crippen LogP contribution in [0.4, 0.5) is 17.1 Å². The molecule has 0 aromatic heterocycles. The fourth-order valence-electron chi connectivity index (χ4n) is 2.99. The van der Waals surface area contributed by atoms with Crippen molar-refractivity contribution in [2.45, 2.75) is 18.2 Å². The number of nitro benzene ring substituents is 1. The van der Waals surface area contributed by atoms with E-state index in [0.717, 1.165) is 24.1 Å². The SMILES string of the molecule is CCc1cccc(NC(=O)COC(=O)c2ccccc2NS(=O)(=O)c2cccc([N+](=O)[O-])c2)c1. The monoisotopic (exact) mass is 483 g/mol. The molecule has 3 rings (SSSR count). The molecule has 0 saturated carbocycles. The number of nitrogens with zero attached hydrogens (tertiary/aromatic N) is 1. The number of hydrogen-bond donors (Lipinski definition) is 2. The van der Waals surface area contributed by atoms with Crippen molar-refractivity contribution < 1.29 is 27.7 Å². The summed E-state index contributed by atoms with van der Waals surface area (Å²) in [6.45, 7) is 1.40. The predicted octanol–water partition coefficient (Wildman–Crippen LogP) is 3.75. The van der Waals surface area contributed by atoms with Crippen LogP contribution in [0.2, 0.25) is 0 Å². The zero-order valence-corrected chi connectivity index (χ0v) is 18.9. The number of carbonyl (C=O) groups excluding carboxylic acids is 2. The van der Waals surface area contributed by atoms with Crippen molar-refractivity contribution in [1.29, 1.82) is 0 Å². The molecular formula is C23H21N3O7S. The Kier molecular flexibility index (Phi) is 7.59. The molecule has 0 aliphatic rings. The maximum atomic E-state index is 12.7. The van der Waals surface area contributed by atoms with E-state index in [9.17, 15) is 28.1 Å². The summed E-state index contributed by atoms with van der Waals surface area (Å²) in [5, 5.41) is 13.6. The van der Waals surface area contributed by atoms with Crippen LogP contribution in [-0.2, 0) is 26.0 Å². The van der Waals surface area contributed by atoms with Gasteiger partial charge in [0.1, 0.15) is 0 Å². The smallest absolute Gasteiger partial charge is 0.340 e. The van der Waals surface area contributed by atoms with Crippen LogP contribution in [0, 0.1) is 10.1 Å². The predicted molar refractivity (Wildman–Crippen MR) is 125 cm³/mol. The van der Waals surface area contributed by atoms with E-state index in [1.807, 2.05) is 13.0 Å². The van der Waals surface area contributed by atoms with Crippen LogP contribution in [0.1, 0.15) is 22.8 Å². The molecule has 0 unspecified atom stereocenters.